The van der Waals surface area contributed by atoms with Gasteiger partial charge in [-0.05, 0) is 23.3 Å². The van der Waals surface area contributed by atoms with E-state index in [9.17, 15) is 4.79 Å². The summed E-state index contributed by atoms with van der Waals surface area (Å²) >= 11 is 1.34. The Labute approximate surface area is 156 Å². The first kappa shape index (κ1) is 18.1. The summed E-state index contributed by atoms with van der Waals surface area (Å²) in [5.41, 5.74) is 1.97. The maximum atomic E-state index is 12.8. The SMILES string of the molecule is CCc1nc(SCC(=O)N(Cc2cccnc2)Cc2cccnc2)n[nH]1. The van der Waals surface area contributed by atoms with Crippen LogP contribution in [0, 0.1) is 0 Å². The molecule has 0 saturated heterocycles. The molecule has 0 bridgehead atoms. The van der Waals surface area contributed by atoms with Crippen molar-refractivity contribution >= 4 is 17.7 Å². The Kier molecular flexibility index (Phi) is 6.32. The number of aryl methyl sites for hydroxylation is 1. The van der Waals surface area contributed by atoms with E-state index in [2.05, 4.69) is 25.1 Å². The molecule has 1 amide bonds. The minimum atomic E-state index is 0.0190. The number of aromatic amines is 1. The Morgan fingerprint density at radius 1 is 1.12 bits per heavy atom. The van der Waals surface area contributed by atoms with Crippen molar-refractivity contribution in [2.24, 2.45) is 0 Å². The molecule has 7 nitrogen and oxygen atoms in total. The molecule has 0 radical (unpaired) electrons. The largest absolute Gasteiger partial charge is 0.333 e. The molecule has 0 fully saturated rings. The molecule has 0 atom stereocenters. The van der Waals surface area contributed by atoms with Gasteiger partial charge in [0.2, 0.25) is 11.1 Å². The number of thioether (sulfide) groups is 1. The van der Waals surface area contributed by atoms with Crippen LogP contribution < -0.4 is 0 Å². The van der Waals surface area contributed by atoms with Crippen LogP contribution in [0.5, 0.6) is 0 Å². The van der Waals surface area contributed by atoms with E-state index in [4.69, 9.17) is 0 Å². The molecule has 0 aliphatic rings. The number of aromatic nitrogens is 5. The number of nitrogens with one attached hydrogen (secondary N) is 1. The van der Waals surface area contributed by atoms with Gasteiger partial charge in [-0.15, -0.1) is 5.10 Å². The molecule has 1 N–H and O–H groups in total. The fourth-order valence-corrected chi connectivity index (χ4v) is 3.09. The number of H-pyrrole nitrogens is 1. The number of rotatable bonds is 8. The van der Waals surface area contributed by atoms with Crippen LogP contribution in [0.3, 0.4) is 0 Å². The van der Waals surface area contributed by atoms with Crippen molar-refractivity contribution < 1.29 is 4.79 Å². The first-order chi connectivity index (χ1) is 12.7. The average Bonchev–Trinajstić information content (AvgIpc) is 3.15. The molecule has 0 unspecified atom stereocenters. The molecule has 3 rings (SSSR count). The molecule has 0 spiro atoms. The Hall–Kier alpha value is -2.74. The molecule has 0 saturated carbocycles. The van der Waals surface area contributed by atoms with Crippen LogP contribution in [0.4, 0.5) is 0 Å². The van der Waals surface area contributed by atoms with Crippen molar-refractivity contribution in [1.82, 2.24) is 30.0 Å². The lowest BCUT2D eigenvalue weighted by Gasteiger charge is -2.22. The normalized spacial score (nSPS) is 10.7. The summed E-state index contributed by atoms with van der Waals surface area (Å²) in [7, 11) is 0. The van der Waals surface area contributed by atoms with Gasteiger partial charge in [-0.25, -0.2) is 4.98 Å². The van der Waals surface area contributed by atoms with Crippen LogP contribution in [0.1, 0.15) is 23.9 Å². The Morgan fingerprint density at radius 2 is 1.77 bits per heavy atom. The number of hydrogen-bond donors (Lipinski definition) is 1. The Morgan fingerprint density at radius 3 is 2.27 bits per heavy atom. The van der Waals surface area contributed by atoms with Crippen LogP contribution in [-0.2, 0) is 24.3 Å². The molecule has 3 aromatic rings. The number of carbonyl (C=O) groups is 1. The number of carbonyl (C=O) groups excluding carboxylic acids is 1. The lowest BCUT2D eigenvalue weighted by Crippen LogP contribution is -2.31. The number of hydrogen-bond acceptors (Lipinski definition) is 6. The minimum absolute atomic E-state index is 0.0190. The third kappa shape index (κ3) is 5.13. The van der Waals surface area contributed by atoms with E-state index < -0.39 is 0 Å². The third-order valence-corrected chi connectivity index (χ3v) is 4.55. The topological polar surface area (TPSA) is 87.7 Å². The second-order valence-electron chi connectivity index (χ2n) is 5.68. The summed E-state index contributed by atoms with van der Waals surface area (Å²) in [5, 5.41) is 7.58. The highest BCUT2D eigenvalue weighted by Gasteiger charge is 2.16. The summed E-state index contributed by atoms with van der Waals surface area (Å²) in [6, 6.07) is 7.67. The predicted molar refractivity (Wildman–Crippen MR) is 99.2 cm³/mol. The monoisotopic (exact) mass is 368 g/mol. The summed E-state index contributed by atoms with van der Waals surface area (Å²) < 4.78 is 0. The van der Waals surface area contributed by atoms with Crippen LogP contribution >= 0.6 is 11.8 Å². The zero-order valence-corrected chi connectivity index (χ0v) is 15.3. The third-order valence-electron chi connectivity index (χ3n) is 3.72. The molecule has 0 aliphatic carbocycles. The van der Waals surface area contributed by atoms with Gasteiger partial charge in [0.05, 0.1) is 5.75 Å². The van der Waals surface area contributed by atoms with E-state index in [1.54, 1.807) is 29.7 Å². The summed E-state index contributed by atoms with van der Waals surface area (Å²) in [6.07, 6.45) is 7.79. The van der Waals surface area contributed by atoms with Crippen LogP contribution in [-0.4, -0.2) is 41.7 Å². The number of pyridine rings is 2. The van der Waals surface area contributed by atoms with E-state index in [1.807, 2.05) is 31.2 Å². The van der Waals surface area contributed by atoms with Gasteiger partial charge >= 0.3 is 0 Å². The second-order valence-corrected chi connectivity index (χ2v) is 6.62. The summed E-state index contributed by atoms with van der Waals surface area (Å²) in [4.78, 5) is 27.2. The molecule has 0 aromatic carbocycles. The highest BCUT2D eigenvalue weighted by atomic mass is 32.2. The quantitative estimate of drug-likeness (QED) is 0.615. The van der Waals surface area contributed by atoms with E-state index in [0.717, 1.165) is 23.4 Å². The van der Waals surface area contributed by atoms with Gasteiger partial charge in [-0.3, -0.25) is 19.9 Å². The molecular weight excluding hydrogens is 348 g/mol. The molecule has 3 aromatic heterocycles. The Balaban J connectivity index is 1.67. The fourth-order valence-electron chi connectivity index (χ4n) is 2.37. The first-order valence-electron chi connectivity index (χ1n) is 8.34. The molecule has 3 heterocycles. The van der Waals surface area contributed by atoms with Gasteiger partial charge in [0.15, 0.2) is 0 Å². The summed E-state index contributed by atoms with van der Waals surface area (Å²) in [5.74, 6) is 1.12. The standard InChI is InChI=1S/C18H20N6OS/c1-2-16-21-18(23-22-16)26-13-17(25)24(11-14-5-3-7-19-9-14)12-15-6-4-8-20-10-15/h3-10H,2,11-13H2,1H3,(H,21,22,23). The second kappa shape index (κ2) is 9.10. The van der Waals surface area contributed by atoms with Crippen molar-refractivity contribution in [3.05, 3.63) is 66.0 Å². The van der Waals surface area contributed by atoms with Crippen molar-refractivity contribution in [2.45, 2.75) is 31.6 Å². The van der Waals surface area contributed by atoms with Crippen molar-refractivity contribution in [1.29, 1.82) is 0 Å². The van der Waals surface area contributed by atoms with E-state index >= 15 is 0 Å². The molecular formula is C18H20N6OS. The number of amides is 1. The van der Waals surface area contributed by atoms with Gasteiger partial charge in [-0.1, -0.05) is 30.8 Å². The van der Waals surface area contributed by atoms with E-state index in [1.165, 1.54) is 11.8 Å². The lowest BCUT2D eigenvalue weighted by atomic mass is 10.2. The number of nitrogens with zero attached hydrogens (tertiary/aromatic N) is 5. The zero-order chi connectivity index (χ0) is 18.2. The molecule has 8 heteroatoms. The van der Waals surface area contributed by atoms with Gasteiger partial charge in [0.25, 0.3) is 0 Å². The van der Waals surface area contributed by atoms with Crippen LogP contribution in [0.25, 0.3) is 0 Å². The van der Waals surface area contributed by atoms with Gasteiger partial charge in [-0.2, -0.15) is 0 Å². The van der Waals surface area contributed by atoms with Crippen molar-refractivity contribution in [3.63, 3.8) is 0 Å². The predicted octanol–water partition coefficient (Wildman–Crippen LogP) is 2.48. The maximum Gasteiger partial charge on any atom is 0.233 e. The minimum Gasteiger partial charge on any atom is -0.333 e. The zero-order valence-electron chi connectivity index (χ0n) is 14.5. The van der Waals surface area contributed by atoms with Crippen molar-refractivity contribution in [2.75, 3.05) is 5.75 Å². The van der Waals surface area contributed by atoms with Crippen molar-refractivity contribution in [3.8, 4) is 0 Å². The fraction of sp³-hybridized carbons (Fsp3) is 0.278. The first-order valence-corrected chi connectivity index (χ1v) is 9.33. The summed E-state index contributed by atoms with van der Waals surface area (Å²) in [6.45, 7) is 3.00. The van der Waals surface area contributed by atoms with Gasteiger partial charge in [0, 0.05) is 44.3 Å². The highest BCUT2D eigenvalue weighted by molar-refractivity contribution is 7.99. The highest BCUT2D eigenvalue weighted by Crippen LogP contribution is 2.16. The lowest BCUT2D eigenvalue weighted by molar-refractivity contribution is -0.129. The van der Waals surface area contributed by atoms with Crippen LogP contribution in [0.15, 0.2) is 54.2 Å². The van der Waals surface area contributed by atoms with Gasteiger partial charge in [0.1, 0.15) is 5.82 Å². The molecule has 134 valence electrons. The molecule has 26 heavy (non-hydrogen) atoms. The van der Waals surface area contributed by atoms with E-state index in [-0.39, 0.29) is 11.7 Å². The Bertz CT molecular complexity index is 782. The molecule has 0 aliphatic heterocycles. The van der Waals surface area contributed by atoms with E-state index in [0.29, 0.717) is 18.2 Å². The van der Waals surface area contributed by atoms with Gasteiger partial charge < -0.3 is 4.90 Å². The smallest absolute Gasteiger partial charge is 0.233 e. The maximum absolute atomic E-state index is 12.8. The van der Waals surface area contributed by atoms with Crippen LogP contribution in [0.2, 0.25) is 0 Å². The average molecular weight is 368 g/mol.